The van der Waals surface area contributed by atoms with Crippen molar-refractivity contribution in [2.24, 2.45) is 0 Å². The molecule has 0 heterocycles. The summed E-state index contributed by atoms with van der Waals surface area (Å²) in [6.45, 7) is 7.01. The Hall–Kier alpha value is -2.69. The molecule has 1 aliphatic carbocycles. The van der Waals surface area contributed by atoms with Crippen LogP contribution in [0, 0.1) is 0 Å². The first-order valence-corrected chi connectivity index (χ1v) is 9.66. The van der Waals surface area contributed by atoms with Gasteiger partial charge in [0.2, 0.25) is 0 Å². The number of carbonyl (C=O) groups excluding carboxylic acids is 1. The lowest BCUT2D eigenvalue weighted by Crippen LogP contribution is -2.36. The van der Waals surface area contributed by atoms with Crippen LogP contribution in [-0.2, 0) is 10.8 Å². The minimum atomic E-state index is -0.177. The van der Waals surface area contributed by atoms with E-state index >= 15 is 0 Å². The molecule has 150 valence electrons. The van der Waals surface area contributed by atoms with Crippen LogP contribution in [-0.4, -0.2) is 26.8 Å². The van der Waals surface area contributed by atoms with Gasteiger partial charge in [-0.1, -0.05) is 45.0 Å². The Labute approximate surface area is 167 Å². The summed E-state index contributed by atoms with van der Waals surface area (Å²) >= 11 is 0. The average molecular weight is 383 g/mol. The van der Waals surface area contributed by atoms with E-state index in [1.807, 2.05) is 30.3 Å². The van der Waals surface area contributed by atoms with Crippen LogP contribution >= 0.6 is 0 Å². The number of anilines is 1. The lowest BCUT2D eigenvalue weighted by Gasteiger charge is -2.23. The maximum atomic E-state index is 12.6. The molecular weight excluding hydrogens is 352 g/mol. The van der Waals surface area contributed by atoms with E-state index in [2.05, 4.69) is 43.5 Å². The largest absolute Gasteiger partial charge is 0.493 e. The maximum absolute atomic E-state index is 12.6. The molecule has 0 saturated heterocycles. The SMILES string of the molecule is COc1ccc(C2(CNC(=O)Nc3ccccc3C(C)(C)C)CC2)cc1OC. The summed E-state index contributed by atoms with van der Waals surface area (Å²) in [6.07, 6.45) is 2.09. The first-order chi connectivity index (χ1) is 13.3. The maximum Gasteiger partial charge on any atom is 0.319 e. The summed E-state index contributed by atoms with van der Waals surface area (Å²) in [5, 5.41) is 6.07. The van der Waals surface area contributed by atoms with Crippen molar-refractivity contribution < 1.29 is 14.3 Å². The minimum absolute atomic E-state index is 0.0273. The van der Waals surface area contributed by atoms with Crippen molar-refractivity contribution in [1.82, 2.24) is 5.32 Å². The molecule has 1 fully saturated rings. The summed E-state index contributed by atoms with van der Waals surface area (Å²) in [5.74, 6) is 1.43. The van der Waals surface area contributed by atoms with Crippen molar-refractivity contribution in [1.29, 1.82) is 0 Å². The Balaban J connectivity index is 1.67. The summed E-state index contributed by atoms with van der Waals surface area (Å²) < 4.78 is 10.7. The van der Waals surface area contributed by atoms with Crippen LogP contribution in [0.2, 0.25) is 0 Å². The van der Waals surface area contributed by atoms with Gasteiger partial charge >= 0.3 is 6.03 Å². The third-order valence-corrected chi connectivity index (χ3v) is 5.42. The fraction of sp³-hybridized carbons (Fsp3) is 0.435. The molecule has 2 aromatic carbocycles. The van der Waals surface area contributed by atoms with Gasteiger partial charge in [0.1, 0.15) is 0 Å². The van der Waals surface area contributed by atoms with Crippen LogP contribution in [0.25, 0.3) is 0 Å². The summed E-state index contributed by atoms with van der Waals surface area (Å²) in [4.78, 5) is 12.6. The van der Waals surface area contributed by atoms with Crippen molar-refractivity contribution in [3.63, 3.8) is 0 Å². The zero-order chi connectivity index (χ0) is 20.4. The molecule has 5 heteroatoms. The van der Waals surface area contributed by atoms with Crippen LogP contribution in [0.3, 0.4) is 0 Å². The van der Waals surface area contributed by atoms with Crippen molar-refractivity contribution in [3.8, 4) is 11.5 Å². The molecule has 0 radical (unpaired) electrons. The number of hydrogen-bond donors (Lipinski definition) is 2. The smallest absolute Gasteiger partial charge is 0.319 e. The number of para-hydroxylation sites is 1. The molecule has 0 atom stereocenters. The number of ether oxygens (including phenoxy) is 2. The Morgan fingerprint density at radius 1 is 1.04 bits per heavy atom. The van der Waals surface area contributed by atoms with E-state index in [4.69, 9.17) is 9.47 Å². The second-order valence-corrected chi connectivity index (χ2v) is 8.45. The second-order valence-electron chi connectivity index (χ2n) is 8.45. The van der Waals surface area contributed by atoms with Gasteiger partial charge in [0.25, 0.3) is 0 Å². The van der Waals surface area contributed by atoms with Crippen LogP contribution in [0.4, 0.5) is 10.5 Å². The predicted octanol–water partition coefficient (Wildman–Crippen LogP) is 4.85. The molecule has 2 amide bonds. The molecule has 1 aliphatic rings. The van der Waals surface area contributed by atoms with Crippen LogP contribution in [0.1, 0.15) is 44.7 Å². The Bertz CT molecular complexity index is 851. The molecule has 0 aliphatic heterocycles. The van der Waals surface area contributed by atoms with Gasteiger partial charge in [0.05, 0.1) is 14.2 Å². The van der Waals surface area contributed by atoms with E-state index in [1.165, 1.54) is 5.56 Å². The quantitative estimate of drug-likeness (QED) is 0.750. The average Bonchev–Trinajstić information content (AvgIpc) is 3.46. The lowest BCUT2D eigenvalue weighted by atomic mass is 9.86. The van der Waals surface area contributed by atoms with Crippen molar-refractivity contribution in [2.45, 2.75) is 44.4 Å². The molecular formula is C23H30N2O3. The van der Waals surface area contributed by atoms with Gasteiger partial charge < -0.3 is 20.1 Å². The Kier molecular flexibility index (Phi) is 5.54. The molecule has 5 nitrogen and oxygen atoms in total. The zero-order valence-electron chi connectivity index (χ0n) is 17.4. The first-order valence-electron chi connectivity index (χ1n) is 9.66. The van der Waals surface area contributed by atoms with Gasteiger partial charge in [-0.2, -0.15) is 0 Å². The van der Waals surface area contributed by atoms with Crippen LogP contribution in [0.15, 0.2) is 42.5 Å². The van der Waals surface area contributed by atoms with E-state index in [9.17, 15) is 4.79 Å². The highest BCUT2D eigenvalue weighted by Gasteiger charge is 2.44. The highest BCUT2D eigenvalue weighted by molar-refractivity contribution is 5.90. The van der Waals surface area contributed by atoms with Crippen LogP contribution in [0.5, 0.6) is 11.5 Å². The summed E-state index contributed by atoms with van der Waals surface area (Å²) in [6, 6.07) is 13.8. The summed E-state index contributed by atoms with van der Waals surface area (Å²) in [7, 11) is 3.27. The first kappa shape index (κ1) is 20.1. The molecule has 1 saturated carbocycles. The normalized spacial score (nSPS) is 14.9. The molecule has 3 rings (SSSR count). The van der Waals surface area contributed by atoms with Gasteiger partial charge in [-0.05, 0) is 47.6 Å². The van der Waals surface area contributed by atoms with E-state index in [0.29, 0.717) is 12.3 Å². The van der Waals surface area contributed by atoms with Gasteiger partial charge in [0.15, 0.2) is 11.5 Å². The number of hydrogen-bond acceptors (Lipinski definition) is 3. The van der Waals surface area contributed by atoms with E-state index < -0.39 is 0 Å². The molecule has 28 heavy (non-hydrogen) atoms. The summed E-state index contributed by atoms with van der Waals surface area (Å²) in [5.41, 5.74) is 3.07. The van der Waals surface area contributed by atoms with E-state index in [-0.39, 0.29) is 16.9 Å². The van der Waals surface area contributed by atoms with Gasteiger partial charge in [-0.3, -0.25) is 0 Å². The zero-order valence-corrected chi connectivity index (χ0v) is 17.4. The number of methoxy groups -OCH3 is 2. The molecule has 0 bridgehead atoms. The fourth-order valence-corrected chi connectivity index (χ4v) is 3.55. The third kappa shape index (κ3) is 4.24. The standard InChI is InChI=1S/C23H30N2O3/c1-22(2,3)17-8-6-7-9-18(17)25-21(26)24-15-23(12-13-23)16-10-11-19(27-4)20(14-16)28-5/h6-11,14H,12-13,15H2,1-5H3,(H2,24,25,26). The highest BCUT2D eigenvalue weighted by atomic mass is 16.5. The Morgan fingerprint density at radius 2 is 1.71 bits per heavy atom. The van der Waals surface area contributed by atoms with Crippen molar-refractivity contribution in [3.05, 3.63) is 53.6 Å². The highest BCUT2D eigenvalue weighted by Crippen LogP contribution is 2.49. The monoisotopic (exact) mass is 382 g/mol. The molecule has 0 aromatic heterocycles. The number of carbonyl (C=O) groups is 1. The second kappa shape index (κ2) is 7.74. The van der Waals surface area contributed by atoms with E-state index in [0.717, 1.165) is 29.8 Å². The molecule has 2 aromatic rings. The Morgan fingerprint density at radius 3 is 2.32 bits per heavy atom. The number of nitrogens with one attached hydrogen (secondary N) is 2. The van der Waals surface area contributed by atoms with Crippen molar-refractivity contribution >= 4 is 11.7 Å². The van der Waals surface area contributed by atoms with Crippen molar-refractivity contribution in [2.75, 3.05) is 26.1 Å². The molecule has 2 N–H and O–H groups in total. The molecule has 0 unspecified atom stereocenters. The van der Waals surface area contributed by atoms with Gasteiger partial charge in [-0.25, -0.2) is 4.79 Å². The number of urea groups is 1. The lowest BCUT2D eigenvalue weighted by molar-refractivity contribution is 0.251. The fourth-order valence-electron chi connectivity index (χ4n) is 3.55. The van der Waals surface area contributed by atoms with Gasteiger partial charge in [0, 0.05) is 17.6 Å². The number of benzene rings is 2. The number of amides is 2. The third-order valence-electron chi connectivity index (χ3n) is 5.42. The minimum Gasteiger partial charge on any atom is -0.493 e. The molecule has 0 spiro atoms. The predicted molar refractivity (Wildman–Crippen MR) is 113 cm³/mol. The van der Waals surface area contributed by atoms with Gasteiger partial charge in [-0.15, -0.1) is 0 Å². The topological polar surface area (TPSA) is 59.6 Å². The van der Waals surface area contributed by atoms with E-state index in [1.54, 1.807) is 14.2 Å². The van der Waals surface area contributed by atoms with Crippen LogP contribution < -0.4 is 20.1 Å². The number of rotatable bonds is 6.